The number of benzene rings is 2. The zero-order valence-corrected chi connectivity index (χ0v) is 15.2. The number of hydrogen-bond acceptors (Lipinski definition) is 3. The van der Waals surface area contributed by atoms with E-state index >= 15 is 0 Å². The second-order valence-electron chi connectivity index (χ2n) is 6.49. The van der Waals surface area contributed by atoms with Crippen molar-refractivity contribution in [3.63, 3.8) is 0 Å². The number of hydrogen-bond donors (Lipinski definition) is 1. The Hall–Kier alpha value is -3.68. The highest BCUT2D eigenvalue weighted by Crippen LogP contribution is 2.29. The Balaban J connectivity index is 1.53. The third kappa shape index (κ3) is 3.82. The Morgan fingerprint density at radius 1 is 1.03 bits per heavy atom. The van der Waals surface area contributed by atoms with Crippen molar-refractivity contribution in [2.45, 2.75) is 13.1 Å². The van der Waals surface area contributed by atoms with E-state index in [-0.39, 0.29) is 5.91 Å². The van der Waals surface area contributed by atoms with E-state index in [2.05, 4.69) is 15.4 Å². The van der Waals surface area contributed by atoms with E-state index in [0.717, 1.165) is 17.0 Å². The molecule has 0 unspecified atom stereocenters. The van der Waals surface area contributed by atoms with Gasteiger partial charge in [0, 0.05) is 28.5 Å². The third-order valence-electron chi connectivity index (χ3n) is 4.41. The number of rotatable bonds is 3. The lowest BCUT2D eigenvalue weighted by molar-refractivity contribution is -0.141. The van der Waals surface area contributed by atoms with Gasteiger partial charge in [0.15, 0.2) is 5.69 Å². The molecule has 0 saturated carbocycles. The molecule has 4 aromatic rings. The Bertz CT molecular complexity index is 1200. The zero-order chi connectivity index (χ0) is 20.6. The molecule has 4 rings (SSSR count). The SMILES string of the molecule is Cc1cc(C(F)(F)F)nn1-c1ccc(NC(=O)c2ccc3ncccc3c2)cc1. The van der Waals surface area contributed by atoms with Crippen molar-refractivity contribution >= 4 is 22.5 Å². The Morgan fingerprint density at radius 3 is 2.48 bits per heavy atom. The Morgan fingerprint density at radius 2 is 1.79 bits per heavy atom. The molecule has 0 aliphatic carbocycles. The van der Waals surface area contributed by atoms with Crippen molar-refractivity contribution in [2.75, 3.05) is 5.32 Å². The summed E-state index contributed by atoms with van der Waals surface area (Å²) in [5, 5.41) is 7.25. The molecule has 0 atom stereocenters. The van der Waals surface area contributed by atoms with Gasteiger partial charge in [-0.1, -0.05) is 6.07 Å². The highest BCUT2D eigenvalue weighted by Gasteiger charge is 2.34. The molecule has 2 heterocycles. The predicted molar refractivity (Wildman–Crippen MR) is 103 cm³/mol. The van der Waals surface area contributed by atoms with Crippen molar-refractivity contribution in [1.29, 1.82) is 0 Å². The van der Waals surface area contributed by atoms with Crippen LogP contribution in [0, 0.1) is 6.92 Å². The van der Waals surface area contributed by atoms with Crippen LogP contribution in [-0.2, 0) is 6.18 Å². The predicted octanol–water partition coefficient (Wildman–Crippen LogP) is 5.00. The van der Waals surface area contributed by atoms with E-state index in [9.17, 15) is 18.0 Å². The summed E-state index contributed by atoms with van der Waals surface area (Å²) < 4.78 is 39.7. The summed E-state index contributed by atoms with van der Waals surface area (Å²) >= 11 is 0. The van der Waals surface area contributed by atoms with Crippen LogP contribution in [0.5, 0.6) is 0 Å². The first-order valence-corrected chi connectivity index (χ1v) is 8.72. The maximum absolute atomic E-state index is 12.8. The van der Waals surface area contributed by atoms with Crippen LogP contribution in [0.1, 0.15) is 21.7 Å². The molecule has 2 aromatic carbocycles. The van der Waals surface area contributed by atoms with Crippen LogP contribution in [0.4, 0.5) is 18.9 Å². The highest BCUT2D eigenvalue weighted by molar-refractivity contribution is 6.06. The van der Waals surface area contributed by atoms with Gasteiger partial charge in [0.05, 0.1) is 11.2 Å². The molecular formula is C21H15F3N4O. The number of halogens is 3. The first-order chi connectivity index (χ1) is 13.8. The van der Waals surface area contributed by atoms with Crippen molar-refractivity contribution in [3.05, 3.63) is 83.8 Å². The summed E-state index contributed by atoms with van der Waals surface area (Å²) in [4.78, 5) is 16.7. The van der Waals surface area contributed by atoms with Crippen LogP contribution in [0.2, 0.25) is 0 Å². The standard InChI is InChI=1S/C21H15F3N4O/c1-13-11-19(21(22,23)24)27-28(13)17-7-5-16(6-8-17)26-20(29)15-4-9-18-14(12-15)3-2-10-25-18/h2-12H,1H3,(H,26,29). The number of alkyl halides is 3. The van der Waals surface area contributed by atoms with E-state index < -0.39 is 11.9 Å². The van der Waals surface area contributed by atoms with E-state index in [1.807, 2.05) is 6.07 Å². The van der Waals surface area contributed by atoms with E-state index in [1.165, 1.54) is 4.68 Å². The molecule has 0 aliphatic heterocycles. The fourth-order valence-electron chi connectivity index (χ4n) is 2.98. The number of anilines is 1. The third-order valence-corrected chi connectivity index (χ3v) is 4.41. The van der Waals surface area contributed by atoms with E-state index in [1.54, 1.807) is 61.7 Å². The molecule has 1 amide bonds. The van der Waals surface area contributed by atoms with Gasteiger partial charge in [-0.3, -0.25) is 9.78 Å². The fourth-order valence-corrected chi connectivity index (χ4v) is 2.98. The van der Waals surface area contributed by atoms with Crippen molar-refractivity contribution < 1.29 is 18.0 Å². The number of amides is 1. The minimum absolute atomic E-state index is 0.293. The number of aryl methyl sites for hydroxylation is 1. The van der Waals surface area contributed by atoms with Gasteiger partial charge in [-0.2, -0.15) is 18.3 Å². The highest BCUT2D eigenvalue weighted by atomic mass is 19.4. The van der Waals surface area contributed by atoms with Crippen molar-refractivity contribution in [3.8, 4) is 5.69 Å². The number of aromatic nitrogens is 3. The normalized spacial score (nSPS) is 11.6. The average molecular weight is 396 g/mol. The summed E-state index contributed by atoms with van der Waals surface area (Å²) in [6.45, 7) is 1.55. The van der Waals surface area contributed by atoms with Gasteiger partial charge in [-0.25, -0.2) is 4.68 Å². The molecular weight excluding hydrogens is 381 g/mol. The summed E-state index contributed by atoms with van der Waals surface area (Å²) in [5.41, 5.74) is 1.67. The molecule has 29 heavy (non-hydrogen) atoms. The maximum atomic E-state index is 12.8. The Kier molecular flexibility index (Phi) is 4.54. The van der Waals surface area contributed by atoms with Crippen LogP contribution in [0.25, 0.3) is 16.6 Å². The topological polar surface area (TPSA) is 59.8 Å². The number of pyridine rings is 1. The van der Waals surface area contributed by atoms with Crippen molar-refractivity contribution in [1.82, 2.24) is 14.8 Å². The molecule has 0 saturated heterocycles. The molecule has 2 aromatic heterocycles. The summed E-state index contributed by atoms with van der Waals surface area (Å²) in [6.07, 6.45) is -2.82. The van der Waals surface area contributed by atoms with Crippen LogP contribution in [0.3, 0.4) is 0 Å². The first kappa shape index (κ1) is 18.7. The quantitative estimate of drug-likeness (QED) is 0.530. The average Bonchev–Trinajstić information content (AvgIpc) is 3.10. The van der Waals surface area contributed by atoms with Gasteiger partial charge in [0.1, 0.15) is 0 Å². The minimum Gasteiger partial charge on any atom is -0.322 e. The molecule has 146 valence electrons. The molecule has 0 bridgehead atoms. The van der Waals surface area contributed by atoms with E-state index in [4.69, 9.17) is 0 Å². The van der Waals surface area contributed by atoms with Crippen LogP contribution < -0.4 is 5.32 Å². The van der Waals surface area contributed by atoms with Gasteiger partial charge >= 0.3 is 6.18 Å². The van der Waals surface area contributed by atoms with Crippen LogP contribution in [0.15, 0.2) is 66.9 Å². The molecule has 0 fully saturated rings. The number of fused-ring (bicyclic) bond motifs is 1. The molecule has 0 spiro atoms. The number of nitrogens with zero attached hydrogens (tertiary/aromatic N) is 3. The number of carbonyl (C=O) groups excluding carboxylic acids is 1. The number of carbonyl (C=O) groups is 1. The van der Waals surface area contributed by atoms with Gasteiger partial charge in [-0.15, -0.1) is 0 Å². The van der Waals surface area contributed by atoms with Gasteiger partial charge in [0.2, 0.25) is 0 Å². The number of nitrogens with one attached hydrogen (secondary N) is 1. The Labute approximate surface area is 163 Å². The second-order valence-corrected chi connectivity index (χ2v) is 6.49. The van der Waals surface area contributed by atoms with Crippen LogP contribution in [-0.4, -0.2) is 20.7 Å². The second kappa shape index (κ2) is 7.05. The molecule has 8 heteroatoms. The van der Waals surface area contributed by atoms with E-state index in [0.29, 0.717) is 22.6 Å². The molecule has 0 aliphatic rings. The largest absolute Gasteiger partial charge is 0.435 e. The lowest BCUT2D eigenvalue weighted by atomic mass is 10.1. The summed E-state index contributed by atoms with van der Waals surface area (Å²) in [5.74, 6) is -0.293. The van der Waals surface area contributed by atoms with Gasteiger partial charge < -0.3 is 5.32 Å². The van der Waals surface area contributed by atoms with Crippen molar-refractivity contribution in [2.24, 2.45) is 0 Å². The zero-order valence-electron chi connectivity index (χ0n) is 15.2. The lowest BCUT2D eigenvalue weighted by Gasteiger charge is -2.09. The molecule has 0 radical (unpaired) electrons. The monoisotopic (exact) mass is 396 g/mol. The molecule has 5 nitrogen and oxygen atoms in total. The van der Waals surface area contributed by atoms with Crippen LogP contribution >= 0.6 is 0 Å². The smallest absolute Gasteiger partial charge is 0.322 e. The summed E-state index contributed by atoms with van der Waals surface area (Å²) in [6, 6.07) is 16.3. The first-order valence-electron chi connectivity index (χ1n) is 8.72. The fraction of sp³-hybridized carbons (Fsp3) is 0.0952. The van der Waals surface area contributed by atoms with Gasteiger partial charge in [0.25, 0.3) is 5.91 Å². The van der Waals surface area contributed by atoms with Gasteiger partial charge in [-0.05, 0) is 61.5 Å². The molecule has 1 N–H and O–H groups in total. The minimum atomic E-state index is -4.50. The lowest BCUT2D eigenvalue weighted by Crippen LogP contribution is -2.12. The maximum Gasteiger partial charge on any atom is 0.435 e. The summed E-state index contributed by atoms with van der Waals surface area (Å²) in [7, 11) is 0.